The molecule has 3 aromatic carbocycles. The maximum atomic E-state index is 12.2. The molecule has 0 saturated heterocycles. The van der Waals surface area contributed by atoms with E-state index in [0.29, 0.717) is 5.69 Å². The summed E-state index contributed by atoms with van der Waals surface area (Å²) >= 11 is 0. The summed E-state index contributed by atoms with van der Waals surface area (Å²) in [6.45, 7) is 0. The van der Waals surface area contributed by atoms with Gasteiger partial charge in [0.25, 0.3) is 0 Å². The van der Waals surface area contributed by atoms with Crippen molar-refractivity contribution < 1.29 is 4.79 Å². The van der Waals surface area contributed by atoms with Crippen LogP contribution in [0.4, 0.5) is 5.69 Å². The lowest BCUT2D eigenvalue weighted by Gasteiger charge is -2.06. The summed E-state index contributed by atoms with van der Waals surface area (Å²) in [5, 5.41) is 5.02. The first-order chi connectivity index (χ1) is 12.3. The minimum Gasteiger partial charge on any atom is -0.322 e. The molecule has 25 heavy (non-hydrogen) atoms. The third-order valence-corrected chi connectivity index (χ3v) is 3.92. The number of benzene rings is 3. The Morgan fingerprint density at radius 1 is 0.880 bits per heavy atom. The van der Waals surface area contributed by atoms with Gasteiger partial charge in [0.05, 0.1) is 22.9 Å². The van der Waals surface area contributed by atoms with Crippen LogP contribution in [-0.2, 0) is 4.79 Å². The van der Waals surface area contributed by atoms with E-state index in [-0.39, 0.29) is 5.91 Å². The van der Waals surface area contributed by atoms with Gasteiger partial charge in [0.2, 0.25) is 5.91 Å². The number of carbonyl (C=O) groups is 1. The second-order valence-electron chi connectivity index (χ2n) is 5.63. The van der Waals surface area contributed by atoms with Crippen molar-refractivity contribution in [3.8, 4) is 0 Å². The SMILES string of the molecule is O=C(/C=C/c1cnc2ccccc2n1)Nc1cccc2ccccc12. The average Bonchev–Trinajstić information content (AvgIpc) is 2.66. The fourth-order valence-corrected chi connectivity index (χ4v) is 2.72. The second kappa shape index (κ2) is 6.53. The molecule has 0 unspecified atom stereocenters. The van der Waals surface area contributed by atoms with Crippen LogP contribution in [0, 0.1) is 0 Å². The summed E-state index contributed by atoms with van der Waals surface area (Å²) < 4.78 is 0. The number of anilines is 1. The van der Waals surface area contributed by atoms with E-state index in [4.69, 9.17) is 0 Å². The molecule has 1 amide bonds. The van der Waals surface area contributed by atoms with Crippen LogP contribution in [0.3, 0.4) is 0 Å². The van der Waals surface area contributed by atoms with Gasteiger partial charge in [-0.3, -0.25) is 9.78 Å². The van der Waals surface area contributed by atoms with Gasteiger partial charge < -0.3 is 5.32 Å². The van der Waals surface area contributed by atoms with Crippen molar-refractivity contribution in [1.82, 2.24) is 9.97 Å². The third-order valence-electron chi connectivity index (χ3n) is 3.92. The van der Waals surface area contributed by atoms with Gasteiger partial charge in [-0.2, -0.15) is 0 Å². The molecule has 0 saturated carbocycles. The average molecular weight is 325 g/mol. The molecular weight excluding hydrogens is 310 g/mol. The smallest absolute Gasteiger partial charge is 0.248 e. The highest BCUT2D eigenvalue weighted by molar-refractivity contribution is 6.07. The molecule has 1 heterocycles. The number of carbonyl (C=O) groups excluding carboxylic acids is 1. The summed E-state index contributed by atoms with van der Waals surface area (Å²) in [6, 6.07) is 21.4. The molecule has 4 nitrogen and oxygen atoms in total. The quantitative estimate of drug-likeness (QED) is 0.567. The standard InChI is InChI=1S/C21H15N3O/c25-21(24-18-11-5-7-15-6-1-2-8-17(15)18)13-12-16-14-22-19-9-3-4-10-20(19)23-16/h1-14H,(H,24,25)/b13-12+. The summed E-state index contributed by atoms with van der Waals surface area (Å²) in [4.78, 5) is 21.1. The number of fused-ring (bicyclic) bond motifs is 2. The van der Waals surface area contributed by atoms with Crippen LogP contribution in [0.2, 0.25) is 0 Å². The van der Waals surface area contributed by atoms with Gasteiger partial charge in [-0.05, 0) is 29.7 Å². The van der Waals surface area contributed by atoms with Crippen LogP contribution in [0.25, 0.3) is 27.9 Å². The zero-order valence-corrected chi connectivity index (χ0v) is 13.4. The highest BCUT2D eigenvalue weighted by Crippen LogP contribution is 2.22. The predicted molar refractivity (Wildman–Crippen MR) is 101 cm³/mol. The van der Waals surface area contributed by atoms with Crippen molar-refractivity contribution in [2.24, 2.45) is 0 Å². The molecule has 120 valence electrons. The number of nitrogens with zero attached hydrogens (tertiary/aromatic N) is 2. The van der Waals surface area contributed by atoms with Gasteiger partial charge in [-0.15, -0.1) is 0 Å². The Balaban J connectivity index is 1.55. The Hall–Kier alpha value is -3.53. The fourth-order valence-electron chi connectivity index (χ4n) is 2.72. The van der Waals surface area contributed by atoms with E-state index < -0.39 is 0 Å². The van der Waals surface area contributed by atoms with Gasteiger partial charge in [0.15, 0.2) is 0 Å². The number of amides is 1. The van der Waals surface area contributed by atoms with E-state index in [0.717, 1.165) is 27.5 Å². The van der Waals surface area contributed by atoms with Crippen molar-refractivity contribution in [3.63, 3.8) is 0 Å². The number of hydrogen-bond donors (Lipinski definition) is 1. The molecule has 0 radical (unpaired) electrons. The molecule has 4 rings (SSSR count). The van der Waals surface area contributed by atoms with Crippen LogP contribution in [-0.4, -0.2) is 15.9 Å². The van der Waals surface area contributed by atoms with Crippen molar-refractivity contribution in [2.75, 3.05) is 5.32 Å². The molecule has 0 aliphatic carbocycles. The Labute approximate surface area is 144 Å². The summed E-state index contributed by atoms with van der Waals surface area (Å²) in [5.41, 5.74) is 3.07. The predicted octanol–water partition coefficient (Wildman–Crippen LogP) is 4.43. The Morgan fingerprint density at radius 2 is 1.64 bits per heavy atom. The summed E-state index contributed by atoms with van der Waals surface area (Å²) in [6.07, 6.45) is 4.80. The van der Waals surface area contributed by atoms with E-state index in [1.807, 2.05) is 66.7 Å². The highest BCUT2D eigenvalue weighted by Gasteiger charge is 2.03. The maximum absolute atomic E-state index is 12.2. The lowest BCUT2D eigenvalue weighted by molar-refractivity contribution is -0.111. The molecule has 4 aromatic rings. The van der Waals surface area contributed by atoms with Crippen molar-refractivity contribution in [2.45, 2.75) is 0 Å². The Bertz CT molecular complexity index is 1100. The van der Waals surface area contributed by atoms with Crippen LogP contribution in [0.15, 0.2) is 79.0 Å². The first-order valence-corrected chi connectivity index (χ1v) is 7.98. The Morgan fingerprint density at radius 3 is 2.56 bits per heavy atom. The summed E-state index contributed by atoms with van der Waals surface area (Å²) in [7, 11) is 0. The molecule has 0 fully saturated rings. The normalized spacial score (nSPS) is 11.2. The molecule has 1 N–H and O–H groups in total. The van der Waals surface area contributed by atoms with E-state index >= 15 is 0 Å². The minimum absolute atomic E-state index is 0.202. The zero-order valence-electron chi connectivity index (χ0n) is 13.4. The minimum atomic E-state index is -0.202. The molecule has 0 spiro atoms. The van der Waals surface area contributed by atoms with Crippen LogP contribution < -0.4 is 5.32 Å². The van der Waals surface area contributed by atoms with Gasteiger partial charge in [0, 0.05) is 17.1 Å². The van der Waals surface area contributed by atoms with E-state index in [2.05, 4.69) is 15.3 Å². The molecule has 4 heteroatoms. The molecular formula is C21H15N3O. The molecule has 0 atom stereocenters. The monoisotopic (exact) mass is 325 g/mol. The third kappa shape index (κ3) is 3.23. The maximum Gasteiger partial charge on any atom is 0.248 e. The van der Waals surface area contributed by atoms with E-state index in [9.17, 15) is 4.79 Å². The van der Waals surface area contributed by atoms with Crippen LogP contribution in [0.1, 0.15) is 5.69 Å². The van der Waals surface area contributed by atoms with Crippen molar-refractivity contribution >= 4 is 39.5 Å². The number of aromatic nitrogens is 2. The van der Waals surface area contributed by atoms with Crippen molar-refractivity contribution in [1.29, 1.82) is 0 Å². The van der Waals surface area contributed by atoms with Gasteiger partial charge in [0.1, 0.15) is 0 Å². The van der Waals surface area contributed by atoms with Gasteiger partial charge in [-0.25, -0.2) is 4.98 Å². The lowest BCUT2D eigenvalue weighted by Crippen LogP contribution is -2.08. The molecule has 0 aliphatic heterocycles. The van der Waals surface area contributed by atoms with Gasteiger partial charge >= 0.3 is 0 Å². The largest absolute Gasteiger partial charge is 0.322 e. The first kappa shape index (κ1) is 15.0. The molecule has 1 aromatic heterocycles. The number of hydrogen-bond acceptors (Lipinski definition) is 3. The van der Waals surface area contributed by atoms with Crippen molar-refractivity contribution in [3.05, 3.63) is 84.7 Å². The van der Waals surface area contributed by atoms with Crippen LogP contribution >= 0.6 is 0 Å². The van der Waals surface area contributed by atoms with E-state index in [1.54, 1.807) is 12.3 Å². The summed E-state index contributed by atoms with van der Waals surface area (Å²) in [5.74, 6) is -0.202. The van der Waals surface area contributed by atoms with Gasteiger partial charge in [-0.1, -0.05) is 48.5 Å². The Kier molecular flexibility index (Phi) is 3.92. The number of nitrogens with one attached hydrogen (secondary N) is 1. The van der Waals surface area contributed by atoms with Crippen LogP contribution in [0.5, 0.6) is 0 Å². The lowest BCUT2D eigenvalue weighted by atomic mass is 10.1. The fraction of sp³-hybridized carbons (Fsp3) is 0. The number of rotatable bonds is 3. The second-order valence-corrected chi connectivity index (χ2v) is 5.63. The first-order valence-electron chi connectivity index (χ1n) is 7.98. The zero-order chi connectivity index (χ0) is 17.1. The number of para-hydroxylation sites is 2. The topological polar surface area (TPSA) is 54.9 Å². The molecule has 0 bridgehead atoms. The molecule has 0 aliphatic rings. The van der Waals surface area contributed by atoms with E-state index in [1.165, 1.54) is 6.08 Å². The highest BCUT2D eigenvalue weighted by atomic mass is 16.1.